The summed E-state index contributed by atoms with van der Waals surface area (Å²) in [4.78, 5) is 0. The molecule has 0 fully saturated rings. The molecule has 5 heteroatoms. The van der Waals surface area contributed by atoms with Crippen LogP contribution in [-0.2, 0) is 6.42 Å². The molecule has 2 aromatic carbocycles. The van der Waals surface area contributed by atoms with Crippen LogP contribution < -0.4 is 11.1 Å². The Labute approximate surface area is 109 Å². The number of hydrogen-bond acceptors (Lipinski definition) is 2. The monoisotopic (exact) mass is 266 g/mol. The van der Waals surface area contributed by atoms with Gasteiger partial charge in [0.2, 0.25) is 0 Å². The van der Waals surface area contributed by atoms with E-state index in [1.165, 1.54) is 12.1 Å². The molecule has 2 aromatic rings. The molecule has 0 saturated carbocycles. The Morgan fingerprint density at radius 3 is 2.42 bits per heavy atom. The minimum atomic E-state index is -1.02. The van der Waals surface area contributed by atoms with Crippen molar-refractivity contribution in [2.75, 3.05) is 17.6 Å². The summed E-state index contributed by atoms with van der Waals surface area (Å²) in [6, 6.07) is 8.55. The van der Waals surface area contributed by atoms with Gasteiger partial charge in [0.15, 0.2) is 11.6 Å². The third kappa shape index (κ3) is 2.99. The van der Waals surface area contributed by atoms with Crippen LogP contribution in [0, 0.1) is 17.5 Å². The second-order valence-corrected chi connectivity index (χ2v) is 4.09. The summed E-state index contributed by atoms with van der Waals surface area (Å²) in [7, 11) is 0. The van der Waals surface area contributed by atoms with Crippen LogP contribution in [0.2, 0.25) is 0 Å². The predicted octanol–water partition coefficient (Wildman–Crippen LogP) is 3.34. The molecule has 0 bridgehead atoms. The van der Waals surface area contributed by atoms with E-state index in [-0.39, 0.29) is 23.7 Å². The number of nitrogen functional groups attached to an aromatic ring is 1. The second kappa shape index (κ2) is 5.65. The maximum absolute atomic E-state index is 13.5. The fourth-order valence-electron chi connectivity index (χ4n) is 1.77. The molecule has 0 aliphatic rings. The van der Waals surface area contributed by atoms with Crippen LogP contribution in [0.1, 0.15) is 5.56 Å². The number of benzene rings is 2. The Kier molecular flexibility index (Phi) is 3.94. The van der Waals surface area contributed by atoms with Crippen molar-refractivity contribution in [1.82, 2.24) is 0 Å². The van der Waals surface area contributed by atoms with E-state index in [0.29, 0.717) is 12.0 Å². The third-order valence-corrected chi connectivity index (χ3v) is 2.78. The Hall–Kier alpha value is -2.17. The topological polar surface area (TPSA) is 38.0 Å². The zero-order valence-corrected chi connectivity index (χ0v) is 10.1. The minimum Gasteiger partial charge on any atom is -0.397 e. The summed E-state index contributed by atoms with van der Waals surface area (Å²) < 4.78 is 39.9. The van der Waals surface area contributed by atoms with Gasteiger partial charge in [0.05, 0.1) is 11.4 Å². The van der Waals surface area contributed by atoms with E-state index in [2.05, 4.69) is 5.32 Å². The van der Waals surface area contributed by atoms with Gasteiger partial charge in [-0.15, -0.1) is 0 Å². The quantitative estimate of drug-likeness (QED) is 0.833. The number of anilines is 2. The fourth-order valence-corrected chi connectivity index (χ4v) is 1.77. The highest BCUT2D eigenvalue weighted by Gasteiger charge is 2.11. The maximum Gasteiger partial charge on any atom is 0.183 e. The van der Waals surface area contributed by atoms with Crippen molar-refractivity contribution in [3.63, 3.8) is 0 Å². The first kappa shape index (κ1) is 13.3. The average Bonchev–Trinajstić information content (AvgIpc) is 2.40. The SMILES string of the molecule is Nc1ccc(F)c(F)c1NCCc1ccccc1F. The molecular weight excluding hydrogens is 253 g/mol. The Bertz CT molecular complexity index is 585. The molecule has 0 radical (unpaired) electrons. The van der Waals surface area contributed by atoms with Crippen LogP contribution in [-0.4, -0.2) is 6.54 Å². The van der Waals surface area contributed by atoms with Gasteiger partial charge >= 0.3 is 0 Å². The van der Waals surface area contributed by atoms with Gasteiger partial charge in [0.25, 0.3) is 0 Å². The molecule has 2 rings (SSSR count). The summed E-state index contributed by atoms with van der Waals surface area (Å²) >= 11 is 0. The molecule has 0 spiro atoms. The molecule has 0 unspecified atom stereocenters. The van der Waals surface area contributed by atoms with Gasteiger partial charge in [0.1, 0.15) is 5.82 Å². The normalized spacial score (nSPS) is 10.5. The van der Waals surface area contributed by atoms with Crippen LogP contribution in [0.4, 0.5) is 24.5 Å². The molecule has 0 aliphatic heterocycles. The number of halogens is 3. The molecule has 2 nitrogen and oxygen atoms in total. The molecule has 3 N–H and O–H groups in total. The summed E-state index contributed by atoms with van der Waals surface area (Å²) in [6.07, 6.45) is 0.349. The molecule has 0 heterocycles. The lowest BCUT2D eigenvalue weighted by Crippen LogP contribution is -2.10. The predicted molar refractivity (Wildman–Crippen MR) is 69.4 cm³/mol. The van der Waals surface area contributed by atoms with Crippen LogP contribution in [0.15, 0.2) is 36.4 Å². The van der Waals surface area contributed by atoms with Gasteiger partial charge in [-0.2, -0.15) is 0 Å². The summed E-state index contributed by atoms with van der Waals surface area (Å²) in [5.74, 6) is -2.31. The van der Waals surface area contributed by atoms with Gasteiger partial charge < -0.3 is 11.1 Å². The lowest BCUT2D eigenvalue weighted by atomic mass is 10.1. The Morgan fingerprint density at radius 1 is 0.947 bits per heavy atom. The Morgan fingerprint density at radius 2 is 1.68 bits per heavy atom. The Balaban J connectivity index is 2.04. The smallest absolute Gasteiger partial charge is 0.183 e. The van der Waals surface area contributed by atoms with Crippen molar-refractivity contribution in [3.8, 4) is 0 Å². The molecule has 100 valence electrons. The highest BCUT2D eigenvalue weighted by molar-refractivity contribution is 5.66. The number of rotatable bonds is 4. The first-order chi connectivity index (χ1) is 9.09. The number of hydrogen-bond donors (Lipinski definition) is 2. The molecule has 0 amide bonds. The lowest BCUT2D eigenvalue weighted by molar-refractivity contribution is 0.511. The fraction of sp³-hybridized carbons (Fsp3) is 0.143. The van der Waals surface area contributed by atoms with Gasteiger partial charge in [-0.05, 0) is 30.2 Å². The van der Waals surface area contributed by atoms with Crippen LogP contribution >= 0.6 is 0 Å². The first-order valence-electron chi connectivity index (χ1n) is 5.80. The molecule has 0 saturated heterocycles. The van der Waals surface area contributed by atoms with Crippen molar-refractivity contribution in [3.05, 3.63) is 59.4 Å². The van der Waals surface area contributed by atoms with Gasteiger partial charge in [-0.3, -0.25) is 0 Å². The molecule has 0 aliphatic carbocycles. The number of nitrogens with two attached hydrogens (primary N) is 1. The summed E-state index contributed by atoms with van der Waals surface area (Å²) in [5.41, 5.74) is 6.09. The van der Waals surface area contributed by atoms with Gasteiger partial charge in [-0.1, -0.05) is 18.2 Å². The van der Waals surface area contributed by atoms with Gasteiger partial charge in [-0.25, -0.2) is 13.2 Å². The van der Waals surface area contributed by atoms with E-state index in [9.17, 15) is 13.2 Å². The van der Waals surface area contributed by atoms with E-state index in [1.807, 2.05) is 0 Å². The lowest BCUT2D eigenvalue weighted by Gasteiger charge is -2.11. The van der Waals surface area contributed by atoms with Crippen LogP contribution in [0.3, 0.4) is 0 Å². The van der Waals surface area contributed by atoms with E-state index >= 15 is 0 Å². The maximum atomic E-state index is 13.5. The van der Waals surface area contributed by atoms with Gasteiger partial charge in [0, 0.05) is 6.54 Å². The minimum absolute atomic E-state index is 0.0867. The summed E-state index contributed by atoms with van der Waals surface area (Å²) in [5, 5.41) is 2.69. The largest absolute Gasteiger partial charge is 0.397 e. The average molecular weight is 266 g/mol. The zero-order valence-electron chi connectivity index (χ0n) is 10.1. The van der Waals surface area contributed by atoms with Crippen molar-refractivity contribution < 1.29 is 13.2 Å². The van der Waals surface area contributed by atoms with Crippen molar-refractivity contribution in [1.29, 1.82) is 0 Å². The van der Waals surface area contributed by atoms with E-state index in [1.54, 1.807) is 18.2 Å². The molecule has 0 aromatic heterocycles. The first-order valence-corrected chi connectivity index (χ1v) is 5.80. The third-order valence-electron chi connectivity index (χ3n) is 2.78. The van der Waals surface area contributed by atoms with Crippen LogP contribution in [0.5, 0.6) is 0 Å². The molecular formula is C14H13F3N2. The van der Waals surface area contributed by atoms with Crippen molar-refractivity contribution in [2.45, 2.75) is 6.42 Å². The standard InChI is InChI=1S/C14H13F3N2/c15-10-4-2-1-3-9(10)7-8-19-14-12(18)6-5-11(16)13(14)17/h1-6,19H,7-8,18H2. The van der Waals surface area contributed by atoms with E-state index < -0.39 is 11.6 Å². The molecule has 0 atom stereocenters. The van der Waals surface area contributed by atoms with E-state index in [0.717, 1.165) is 6.07 Å². The van der Waals surface area contributed by atoms with Crippen molar-refractivity contribution in [2.24, 2.45) is 0 Å². The second-order valence-electron chi connectivity index (χ2n) is 4.09. The number of nitrogens with one attached hydrogen (secondary N) is 1. The highest BCUT2D eigenvalue weighted by Crippen LogP contribution is 2.24. The summed E-state index contributed by atoms with van der Waals surface area (Å²) in [6.45, 7) is 0.255. The van der Waals surface area contributed by atoms with E-state index in [4.69, 9.17) is 5.73 Å². The highest BCUT2D eigenvalue weighted by atomic mass is 19.2. The zero-order chi connectivity index (χ0) is 13.8. The van der Waals surface area contributed by atoms with Crippen molar-refractivity contribution >= 4 is 11.4 Å². The van der Waals surface area contributed by atoms with Crippen LogP contribution in [0.25, 0.3) is 0 Å². The molecule has 19 heavy (non-hydrogen) atoms.